The van der Waals surface area contributed by atoms with E-state index in [-0.39, 0.29) is 5.91 Å². The topological polar surface area (TPSA) is 53.9 Å². The molecule has 1 amide bonds. The smallest absolute Gasteiger partial charge is 0.240 e. The summed E-state index contributed by atoms with van der Waals surface area (Å²) in [5.41, 5.74) is 4.74. The number of piperidine rings is 1. The highest BCUT2D eigenvalue weighted by atomic mass is 35.5. The Morgan fingerprint density at radius 3 is 2.79 bits per heavy atom. The number of halogens is 1. The number of rotatable bonds is 7. The zero-order valence-corrected chi connectivity index (χ0v) is 15.2. The third kappa shape index (κ3) is 6.13. The standard InChI is InChI=1S/C18H26ClN3O2/c1-3-22-10-8-16(9-11-22)20-21-18(23)5-4-12-24-17-7-6-15(19)13-14(17)2/h6-7,13H,3-5,8-12H2,1-2H3,(H,21,23). The van der Waals surface area contributed by atoms with Gasteiger partial charge in [0.15, 0.2) is 0 Å². The van der Waals surface area contributed by atoms with Gasteiger partial charge in [-0.3, -0.25) is 4.79 Å². The van der Waals surface area contributed by atoms with Crippen molar-refractivity contribution in [3.8, 4) is 5.75 Å². The van der Waals surface area contributed by atoms with Crippen molar-refractivity contribution in [3.63, 3.8) is 0 Å². The minimum absolute atomic E-state index is 0.0585. The van der Waals surface area contributed by atoms with Gasteiger partial charge in [-0.15, -0.1) is 0 Å². The number of nitrogens with one attached hydrogen (secondary N) is 1. The molecule has 5 nitrogen and oxygen atoms in total. The van der Waals surface area contributed by atoms with Gasteiger partial charge in [-0.2, -0.15) is 5.10 Å². The lowest BCUT2D eigenvalue weighted by Gasteiger charge is -2.25. The molecule has 0 aromatic heterocycles. The molecule has 24 heavy (non-hydrogen) atoms. The summed E-state index contributed by atoms with van der Waals surface area (Å²) in [4.78, 5) is 14.2. The molecule has 1 fully saturated rings. The lowest BCUT2D eigenvalue weighted by Crippen LogP contribution is -2.34. The van der Waals surface area contributed by atoms with Crippen LogP contribution >= 0.6 is 11.6 Å². The Balaban J connectivity index is 1.63. The van der Waals surface area contributed by atoms with Crippen LogP contribution in [0.4, 0.5) is 0 Å². The number of ether oxygens (including phenoxy) is 1. The number of hydrogen-bond donors (Lipinski definition) is 1. The van der Waals surface area contributed by atoms with E-state index in [1.807, 2.05) is 19.1 Å². The third-order valence-electron chi connectivity index (χ3n) is 4.16. The molecule has 0 unspecified atom stereocenters. The van der Waals surface area contributed by atoms with Crippen molar-refractivity contribution in [3.05, 3.63) is 28.8 Å². The van der Waals surface area contributed by atoms with Gasteiger partial charge < -0.3 is 9.64 Å². The number of likely N-dealkylation sites (tertiary alicyclic amines) is 1. The summed E-state index contributed by atoms with van der Waals surface area (Å²) >= 11 is 5.91. The average molecular weight is 352 g/mol. The van der Waals surface area contributed by atoms with E-state index in [0.29, 0.717) is 24.5 Å². The van der Waals surface area contributed by atoms with Crippen molar-refractivity contribution in [1.29, 1.82) is 0 Å². The van der Waals surface area contributed by atoms with Crippen LogP contribution < -0.4 is 10.2 Å². The predicted octanol–water partition coefficient (Wildman–Crippen LogP) is 3.40. The first-order chi connectivity index (χ1) is 11.6. The van der Waals surface area contributed by atoms with E-state index in [2.05, 4.69) is 22.4 Å². The molecule has 1 saturated heterocycles. The van der Waals surface area contributed by atoms with Crippen molar-refractivity contribution in [1.82, 2.24) is 10.3 Å². The monoisotopic (exact) mass is 351 g/mol. The summed E-state index contributed by atoms with van der Waals surface area (Å²) in [7, 11) is 0. The Hall–Kier alpha value is -1.59. The molecular weight excluding hydrogens is 326 g/mol. The van der Waals surface area contributed by atoms with Crippen LogP contribution in [-0.4, -0.2) is 42.8 Å². The third-order valence-corrected chi connectivity index (χ3v) is 4.40. The maximum absolute atomic E-state index is 11.8. The minimum Gasteiger partial charge on any atom is -0.493 e. The van der Waals surface area contributed by atoms with Gasteiger partial charge in [0.05, 0.1) is 6.61 Å². The molecule has 0 radical (unpaired) electrons. The van der Waals surface area contributed by atoms with Crippen LogP contribution in [0.2, 0.25) is 5.02 Å². The first-order valence-electron chi connectivity index (χ1n) is 8.54. The Kier molecular flexibility index (Phi) is 7.53. The Morgan fingerprint density at radius 2 is 2.12 bits per heavy atom. The number of carbonyl (C=O) groups is 1. The van der Waals surface area contributed by atoms with Crippen LogP contribution in [0.5, 0.6) is 5.75 Å². The molecule has 1 aliphatic rings. The molecule has 1 aromatic carbocycles. The highest BCUT2D eigenvalue weighted by molar-refractivity contribution is 6.30. The van der Waals surface area contributed by atoms with E-state index < -0.39 is 0 Å². The van der Waals surface area contributed by atoms with E-state index >= 15 is 0 Å². The fourth-order valence-corrected chi connectivity index (χ4v) is 2.85. The lowest BCUT2D eigenvalue weighted by atomic mass is 10.1. The summed E-state index contributed by atoms with van der Waals surface area (Å²) in [5, 5.41) is 4.94. The minimum atomic E-state index is -0.0585. The molecular formula is C18H26ClN3O2. The summed E-state index contributed by atoms with van der Waals surface area (Å²) in [6.45, 7) is 7.75. The van der Waals surface area contributed by atoms with E-state index in [0.717, 1.165) is 49.5 Å². The summed E-state index contributed by atoms with van der Waals surface area (Å²) in [6, 6.07) is 5.52. The van der Waals surface area contributed by atoms with Gasteiger partial charge in [0.2, 0.25) is 5.91 Å². The van der Waals surface area contributed by atoms with Crippen molar-refractivity contribution in [2.24, 2.45) is 5.10 Å². The van der Waals surface area contributed by atoms with Crippen molar-refractivity contribution >= 4 is 23.2 Å². The zero-order chi connectivity index (χ0) is 17.4. The van der Waals surface area contributed by atoms with Crippen LogP contribution in [0, 0.1) is 6.92 Å². The largest absolute Gasteiger partial charge is 0.493 e. The number of benzene rings is 1. The van der Waals surface area contributed by atoms with Gasteiger partial charge in [0, 0.05) is 43.1 Å². The molecule has 6 heteroatoms. The molecule has 0 bridgehead atoms. The fraction of sp³-hybridized carbons (Fsp3) is 0.556. The number of nitrogens with zero attached hydrogens (tertiary/aromatic N) is 2. The Bertz CT molecular complexity index is 580. The second-order valence-corrected chi connectivity index (χ2v) is 6.45. The maximum Gasteiger partial charge on any atom is 0.240 e. The van der Waals surface area contributed by atoms with Gasteiger partial charge in [-0.05, 0) is 43.7 Å². The van der Waals surface area contributed by atoms with Gasteiger partial charge in [0.1, 0.15) is 5.75 Å². The van der Waals surface area contributed by atoms with Gasteiger partial charge in [-0.25, -0.2) is 5.43 Å². The van der Waals surface area contributed by atoms with E-state index in [9.17, 15) is 4.79 Å². The summed E-state index contributed by atoms with van der Waals surface area (Å²) in [6.07, 6.45) is 2.94. The summed E-state index contributed by atoms with van der Waals surface area (Å²) < 4.78 is 5.68. The number of hydrogen-bond acceptors (Lipinski definition) is 4. The second-order valence-electron chi connectivity index (χ2n) is 6.01. The van der Waals surface area contributed by atoms with Crippen LogP contribution in [0.15, 0.2) is 23.3 Å². The number of hydrazone groups is 1. The number of amides is 1. The van der Waals surface area contributed by atoms with Gasteiger partial charge >= 0.3 is 0 Å². The Labute approximate surface area is 149 Å². The summed E-state index contributed by atoms with van der Waals surface area (Å²) in [5.74, 6) is 0.750. The average Bonchev–Trinajstić information content (AvgIpc) is 2.59. The number of carbonyl (C=O) groups excluding carboxylic acids is 1. The van der Waals surface area contributed by atoms with Crippen LogP contribution in [0.25, 0.3) is 0 Å². The van der Waals surface area contributed by atoms with E-state index in [1.165, 1.54) is 0 Å². The molecule has 1 aliphatic heterocycles. The normalized spacial score (nSPS) is 15.2. The van der Waals surface area contributed by atoms with Crippen molar-refractivity contribution in [2.75, 3.05) is 26.2 Å². The van der Waals surface area contributed by atoms with Gasteiger partial charge in [-0.1, -0.05) is 18.5 Å². The van der Waals surface area contributed by atoms with Gasteiger partial charge in [0.25, 0.3) is 0 Å². The number of aryl methyl sites for hydroxylation is 1. The first-order valence-corrected chi connectivity index (χ1v) is 8.92. The van der Waals surface area contributed by atoms with Crippen molar-refractivity contribution in [2.45, 2.75) is 39.5 Å². The molecule has 1 aromatic rings. The SMILES string of the molecule is CCN1CCC(=NNC(=O)CCCOc2ccc(Cl)cc2C)CC1. The lowest BCUT2D eigenvalue weighted by molar-refractivity contribution is -0.121. The molecule has 0 aliphatic carbocycles. The molecule has 0 spiro atoms. The van der Waals surface area contributed by atoms with Crippen molar-refractivity contribution < 1.29 is 9.53 Å². The molecule has 0 saturated carbocycles. The first kappa shape index (κ1) is 18.7. The van der Waals surface area contributed by atoms with Crippen LogP contribution in [-0.2, 0) is 4.79 Å². The van der Waals surface area contributed by atoms with Crippen LogP contribution in [0.3, 0.4) is 0 Å². The van der Waals surface area contributed by atoms with E-state index in [4.69, 9.17) is 16.3 Å². The Morgan fingerprint density at radius 1 is 1.38 bits per heavy atom. The molecule has 132 valence electrons. The molecule has 0 atom stereocenters. The molecule has 1 heterocycles. The highest BCUT2D eigenvalue weighted by Gasteiger charge is 2.13. The molecule has 2 rings (SSSR count). The molecule has 1 N–H and O–H groups in total. The fourth-order valence-electron chi connectivity index (χ4n) is 2.63. The van der Waals surface area contributed by atoms with Crippen LogP contribution in [0.1, 0.15) is 38.2 Å². The second kappa shape index (κ2) is 9.64. The quantitative estimate of drug-likeness (QED) is 0.605. The predicted molar refractivity (Wildman–Crippen MR) is 97.8 cm³/mol. The maximum atomic E-state index is 11.8. The highest BCUT2D eigenvalue weighted by Crippen LogP contribution is 2.21. The van der Waals surface area contributed by atoms with E-state index in [1.54, 1.807) is 6.07 Å². The zero-order valence-electron chi connectivity index (χ0n) is 14.5.